The summed E-state index contributed by atoms with van der Waals surface area (Å²) in [5.74, 6) is 1.39. The Morgan fingerprint density at radius 1 is 1.08 bits per heavy atom. The largest absolute Gasteiger partial charge is 0.497 e. The zero-order valence-electron chi connectivity index (χ0n) is 22.9. The monoisotopic (exact) mass is 528 g/mol. The van der Waals surface area contributed by atoms with Crippen molar-refractivity contribution in [1.29, 1.82) is 0 Å². The molecule has 0 unspecified atom stereocenters. The van der Waals surface area contributed by atoms with Gasteiger partial charge in [0.15, 0.2) is 0 Å². The van der Waals surface area contributed by atoms with Crippen LogP contribution < -0.4 is 20.1 Å². The Hall–Kier alpha value is -2.62. The number of anilines is 2. The van der Waals surface area contributed by atoms with Crippen molar-refractivity contribution in [3.05, 3.63) is 34.2 Å². The van der Waals surface area contributed by atoms with Crippen molar-refractivity contribution < 1.29 is 19.1 Å². The molecule has 0 saturated carbocycles. The van der Waals surface area contributed by atoms with Crippen molar-refractivity contribution in [1.82, 2.24) is 9.80 Å². The van der Waals surface area contributed by atoms with E-state index in [1.54, 1.807) is 43.8 Å². The molecule has 1 aliphatic heterocycles. The Morgan fingerprint density at radius 2 is 1.81 bits per heavy atom. The first-order valence-electron chi connectivity index (χ1n) is 13.0. The molecule has 1 saturated heterocycles. The summed E-state index contributed by atoms with van der Waals surface area (Å²) in [4.78, 5) is 32.4. The second kappa shape index (κ2) is 11.4. The molecule has 2 aromatic rings. The Balaban J connectivity index is 1.60. The number of fused-ring (bicyclic) bond motifs is 1. The number of likely N-dealkylation sites (N-methyl/N-ethyl adjacent to an activating group) is 1. The lowest BCUT2D eigenvalue weighted by Crippen LogP contribution is -2.47. The van der Waals surface area contributed by atoms with Gasteiger partial charge in [-0.1, -0.05) is 20.8 Å². The van der Waals surface area contributed by atoms with Gasteiger partial charge in [-0.15, -0.1) is 11.3 Å². The van der Waals surface area contributed by atoms with E-state index in [4.69, 9.17) is 9.47 Å². The van der Waals surface area contributed by atoms with E-state index in [1.807, 2.05) is 0 Å². The maximum Gasteiger partial charge on any atom is 0.259 e. The molecular formula is C28H40N4O4S. The van der Waals surface area contributed by atoms with Crippen LogP contribution in [0.4, 0.5) is 10.7 Å². The predicted octanol–water partition coefficient (Wildman–Crippen LogP) is 4.35. The number of piperazine rings is 1. The summed E-state index contributed by atoms with van der Waals surface area (Å²) in [5.41, 5.74) is 2.39. The summed E-state index contributed by atoms with van der Waals surface area (Å²) in [5, 5.41) is 6.77. The molecule has 1 aromatic heterocycles. The van der Waals surface area contributed by atoms with Crippen LogP contribution in [0, 0.1) is 11.3 Å². The molecule has 2 amide bonds. The summed E-state index contributed by atoms with van der Waals surface area (Å²) >= 11 is 1.56. The third-order valence-corrected chi connectivity index (χ3v) is 8.76. The van der Waals surface area contributed by atoms with Gasteiger partial charge in [-0.2, -0.15) is 0 Å². The van der Waals surface area contributed by atoms with Crippen molar-refractivity contribution >= 4 is 33.8 Å². The fourth-order valence-electron chi connectivity index (χ4n) is 5.12. The number of benzene rings is 1. The Bertz CT molecular complexity index is 1130. The van der Waals surface area contributed by atoms with Gasteiger partial charge in [0, 0.05) is 37.1 Å². The minimum atomic E-state index is -0.231. The Labute approximate surface area is 224 Å². The molecular weight excluding hydrogens is 488 g/mol. The van der Waals surface area contributed by atoms with E-state index in [0.29, 0.717) is 40.2 Å². The molecule has 0 radical (unpaired) electrons. The Morgan fingerprint density at radius 3 is 2.46 bits per heavy atom. The van der Waals surface area contributed by atoms with Crippen LogP contribution in [-0.2, 0) is 17.6 Å². The molecule has 9 heteroatoms. The molecule has 8 nitrogen and oxygen atoms in total. The maximum absolute atomic E-state index is 13.7. The molecule has 1 aromatic carbocycles. The van der Waals surface area contributed by atoms with Gasteiger partial charge in [-0.25, -0.2) is 0 Å². The maximum atomic E-state index is 13.7. The van der Waals surface area contributed by atoms with Gasteiger partial charge in [0.1, 0.15) is 16.5 Å². The molecule has 1 aliphatic carbocycles. The van der Waals surface area contributed by atoms with E-state index >= 15 is 0 Å². The van der Waals surface area contributed by atoms with Crippen molar-refractivity contribution in [3.8, 4) is 11.5 Å². The highest BCUT2D eigenvalue weighted by Gasteiger charge is 2.34. The summed E-state index contributed by atoms with van der Waals surface area (Å²) in [6.07, 6.45) is 2.77. The minimum Gasteiger partial charge on any atom is -0.497 e. The van der Waals surface area contributed by atoms with Crippen molar-refractivity contribution in [2.45, 2.75) is 40.0 Å². The van der Waals surface area contributed by atoms with Gasteiger partial charge >= 0.3 is 0 Å². The van der Waals surface area contributed by atoms with Crippen LogP contribution in [-0.4, -0.2) is 75.6 Å². The lowest BCUT2D eigenvalue weighted by atomic mass is 9.72. The molecule has 0 bridgehead atoms. The zero-order chi connectivity index (χ0) is 26.7. The summed E-state index contributed by atoms with van der Waals surface area (Å²) in [7, 11) is 5.25. The highest BCUT2D eigenvalue weighted by molar-refractivity contribution is 7.17. The van der Waals surface area contributed by atoms with Crippen LogP contribution in [0.5, 0.6) is 11.5 Å². The topological polar surface area (TPSA) is 83.1 Å². The van der Waals surface area contributed by atoms with Crippen LogP contribution in [0.25, 0.3) is 0 Å². The number of ether oxygens (including phenoxy) is 2. The zero-order valence-corrected chi connectivity index (χ0v) is 23.7. The summed E-state index contributed by atoms with van der Waals surface area (Å²) in [6, 6.07) is 5.30. The number of amides is 2. The first-order valence-corrected chi connectivity index (χ1v) is 13.8. The van der Waals surface area contributed by atoms with Crippen LogP contribution in [0.1, 0.15) is 48.0 Å². The van der Waals surface area contributed by atoms with E-state index in [1.165, 1.54) is 4.88 Å². The number of thiophene rings is 1. The van der Waals surface area contributed by atoms with Crippen LogP contribution >= 0.6 is 11.3 Å². The number of carbonyl (C=O) groups is 2. The highest BCUT2D eigenvalue weighted by atomic mass is 32.1. The molecule has 2 heterocycles. The lowest BCUT2D eigenvalue weighted by molar-refractivity contribution is -0.117. The number of rotatable bonds is 7. The van der Waals surface area contributed by atoms with Crippen LogP contribution in [0.2, 0.25) is 0 Å². The molecule has 202 valence electrons. The first-order chi connectivity index (χ1) is 17.6. The fraction of sp³-hybridized carbons (Fsp3) is 0.571. The molecule has 2 N–H and O–H groups in total. The molecule has 1 fully saturated rings. The number of nitrogens with one attached hydrogen (secondary N) is 2. The SMILES string of the molecule is COc1ccc(NC(=O)c2c(NC(=O)CN3CCN(C)CC3)sc3c2CC[C@@H](C(C)(C)C)C3)c(OC)c1. The first kappa shape index (κ1) is 27.4. The standard InChI is InChI=1S/C28H40N4O4S/c1-28(2,3)18-7-9-20-23(15-18)37-27(30-24(33)17-32-13-11-31(4)12-14-32)25(20)26(34)29-21-10-8-19(35-5)16-22(21)36-6/h8,10,16,18H,7,9,11-15,17H2,1-6H3,(H,29,34)(H,30,33)/t18-/m1/s1. The molecule has 37 heavy (non-hydrogen) atoms. The summed E-state index contributed by atoms with van der Waals surface area (Å²) in [6.45, 7) is 10.8. The minimum absolute atomic E-state index is 0.0772. The normalized spacial score (nSPS) is 18.7. The third kappa shape index (κ3) is 6.45. The number of hydrogen-bond acceptors (Lipinski definition) is 7. The van der Waals surface area contributed by atoms with Crippen LogP contribution in [0.3, 0.4) is 0 Å². The quantitative estimate of drug-likeness (QED) is 0.556. The molecule has 2 aliphatic rings. The van der Waals surface area contributed by atoms with Gasteiger partial charge in [0.05, 0.1) is 32.0 Å². The van der Waals surface area contributed by atoms with Gasteiger partial charge in [0.2, 0.25) is 5.91 Å². The van der Waals surface area contributed by atoms with E-state index < -0.39 is 0 Å². The predicted molar refractivity (Wildman–Crippen MR) is 149 cm³/mol. The van der Waals surface area contributed by atoms with Crippen molar-refractivity contribution in [2.24, 2.45) is 11.3 Å². The van der Waals surface area contributed by atoms with E-state index in [2.05, 4.69) is 48.3 Å². The second-order valence-electron chi connectivity index (χ2n) is 11.2. The van der Waals surface area contributed by atoms with Gasteiger partial charge in [0.25, 0.3) is 5.91 Å². The molecule has 1 atom stereocenters. The third-order valence-electron chi connectivity index (χ3n) is 7.59. The molecule has 4 rings (SSSR count). The van der Waals surface area contributed by atoms with E-state index in [9.17, 15) is 9.59 Å². The van der Waals surface area contributed by atoms with Crippen LogP contribution in [0.15, 0.2) is 18.2 Å². The van der Waals surface area contributed by atoms with E-state index in [0.717, 1.165) is 51.0 Å². The van der Waals surface area contributed by atoms with E-state index in [-0.39, 0.29) is 17.2 Å². The average molecular weight is 529 g/mol. The van der Waals surface area contributed by atoms with Gasteiger partial charge in [-0.3, -0.25) is 14.5 Å². The number of nitrogens with zero attached hydrogens (tertiary/aromatic N) is 2. The molecule has 0 spiro atoms. The Kier molecular flexibility index (Phi) is 8.46. The van der Waals surface area contributed by atoms with Crippen molar-refractivity contribution in [3.63, 3.8) is 0 Å². The number of carbonyl (C=O) groups excluding carboxylic acids is 2. The second-order valence-corrected chi connectivity index (χ2v) is 12.3. The average Bonchev–Trinajstić information content (AvgIpc) is 3.22. The lowest BCUT2D eigenvalue weighted by Gasteiger charge is -2.33. The van der Waals surface area contributed by atoms with Gasteiger partial charge < -0.3 is 25.0 Å². The number of hydrogen-bond donors (Lipinski definition) is 2. The summed E-state index contributed by atoms with van der Waals surface area (Å²) < 4.78 is 10.8. The van der Waals surface area contributed by atoms with Crippen molar-refractivity contribution in [2.75, 3.05) is 64.6 Å². The highest BCUT2D eigenvalue weighted by Crippen LogP contribution is 2.44. The fourth-order valence-corrected chi connectivity index (χ4v) is 6.46. The smallest absolute Gasteiger partial charge is 0.259 e. The number of methoxy groups -OCH3 is 2. The van der Waals surface area contributed by atoms with Gasteiger partial charge in [-0.05, 0) is 55.3 Å².